The maximum absolute atomic E-state index is 12.0. The van der Waals surface area contributed by atoms with Crippen LogP contribution in [0.2, 0.25) is 0 Å². The van der Waals surface area contributed by atoms with E-state index >= 15 is 0 Å². The number of hydrogen-bond donors (Lipinski definition) is 2. The number of nitrogens with two attached hydrogens (primary N) is 1. The van der Waals surface area contributed by atoms with E-state index in [9.17, 15) is 4.79 Å². The van der Waals surface area contributed by atoms with E-state index in [1.165, 1.54) is 0 Å². The largest absolute Gasteiger partial charge is 0.397 e. The number of rotatable bonds is 3. The maximum atomic E-state index is 12.0. The fraction of sp³-hybridized carbons (Fsp3) is 0.500. The maximum Gasteiger partial charge on any atom is 0.251 e. The molecule has 1 amide bonds. The molecule has 1 aromatic rings. The van der Waals surface area contributed by atoms with Crippen LogP contribution in [0.15, 0.2) is 18.2 Å². The molecule has 0 aliphatic heterocycles. The number of nitrogens with one attached hydrogen (secondary N) is 1. The van der Waals surface area contributed by atoms with Crippen LogP contribution in [0.4, 0.5) is 11.4 Å². The first-order valence-electron chi connectivity index (χ1n) is 6.19. The Hall–Kier alpha value is -1.71. The van der Waals surface area contributed by atoms with Crippen molar-refractivity contribution in [1.29, 1.82) is 0 Å². The van der Waals surface area contributed by atoms with Gasteiger partial charge in [-0.1, -0.05) is 13.8 Å². The van der Waals surface area contributed by atoms with E-state index in [-0.39, 0.29) is 11.3 Å². The Kier molecular flexibility index (Phi) is 2.97. The van der Waals surface area contributed by atoms with Gasteiger partial charge in [-0.15, -0.1) is 0 Å². The van der Waals surface area contributed by atoms with E-state index in [0.29, 0.717) is 17.3 Å². The summed E-state index contributed by atoms with van der Waals surface area (Å²) in [6, 6.07) is 5.72. The molecule has 2 rings (SSSR count). The third-order valence-electron chi connectivity index (χ3n) is 3.59. The molecule has 1 aliphatic carbocycles. The first kappa shape index (κ1) is 12.7. The lowest BCUT2D eigenvalue weighted by atomic mass is 10.1. The minimum absolute atomic E-state index is 0.0393. The Morgan fingerprint density at radius 3 is 2.50 bits per heavy atom. The number of amides is 1. The topological polar surface area (TPSA) is 58.4 Å². The highest BCUT2D eigenvalue weighted by molar-refractivity contribution is 5.96. The van der Waals surface area contributed by atoms with Gasteiger partial charge in [0.2, 0.25) is 0 Å². The molecule has 0 spiro atoms. The van der Waals surface area contributed by atoms with Crippen LogP contribution in [0.5, 0.6) is 0 Å². The van der Waals surface area contributed by atoms with Crippen molar-refractivity contribution in [3.05, 3.63) is 23.8 Å². The number of hydrogen-bond acceptors (Lipinski definition) is 3. The molecule has 0 aromatic heterocycles. The molecule has 3 N–H and O–H groups in total. The van der Waals surface area contributed by atoms with Gasteiger partial charge in [0.15, 0.2) is 0 Å². The standard InChI is InChI=1S/C14H21N3O/c1-14(2)8-12(14)16-13(18)9-5-6-11(17(3)4)10(15)7-9/h5-7,12H,8,15H2,1-4H3,(H,16,18). The van der Waals surface area contributed by atoms with Crippen LogP contribution in [-0.4, -0.2) is 26.0 Å². The fourth-order valence-electron chi connectivity index (χ4n) is 2.06. The van der Waals surface area contributed by atoms with Crippen LogP contribution in [-0.2, 0) is 0 Å². The predicted octanol–water partition coefficient (Wildman–Crippen LogP) is 1.86. The van der Waals surface area contributed by atoms with Crippen molar-refractivity contribution < 1.29 is 4.79 Å². The molecular weight excluding hydrogens is 226 g/mol. The number of carbonyl (C=O) groups excluding carboxylic acids is 1. The van der Waals surface area contributed by atoms with Gasteiger partial charge in [0.05, 0.1) is 11.4 Å². The number of nitrogen functional groups attached to an aromatic ring is 1. The van der Waals surface area contributed by atoms with Crippen molar-refractivity contribution in [3.8, 4) is 0 Å². The summed E-state index contributed by atoms with van der Waals surface area (Å²) >= 11 is 0. The highest BCUT2D eigenvalue weighted by Crippen LogP contribution is 2.44. The van der Waals surface area contributed by atoms with Gasteiger partial charge in [-0.05, 0) is 30.0 Å². The molecule has 0 bridgehead atoms. The molecule has 4 nitrogen and oxygen atoms in total. The second-order valence-corrected chi connectivity index (χ2v) is 5.89. The van der Waals surface area contributed by atoms with Crippen LogP contribution in [0.3, 0.4) is 0 Å². The van der Waals surface area contributed by atoms with Gasteiger partial charge >= 0.3 is 0 Å². The molecule has 1 fully saturated rings. The Morgan fingerprint density at radius 2 is 2.06 bits per heavy atom. The molecule has 1 aromatic carbocycles. The van der Waals surface area contributed by atoms with E-state index in [1.54, 1.807) is 6.07 Å². The molecule has 18 heavy (non-hydrogen) atoms. The number of benzene rings is 1. The molecule has 1 unspecified atom stereocenters. The molecule has 4 heteroatoms. The van der Waals surface area contributed by atoms with Gasteiger partial charge in [-0.25, -0.2) is 0 Å². The van der Waals surface area contributed by atoms with Crippen LogP contribution < -0.4 is 16.0 Å². The van der Waals surface area contributed by atoms with Crippen molar-refractivity contribution in [3.63, 3.8) is 0 Å². The molecule has 0 heterocycles. The van der Waals surface area contributed by atoms with E-state index < -0.39 is 0 Å². The summed E-state index contributed by atoms with van der Waals surface area (Å²) in [5, 5.41) is 3.03. The minimum atomic E-state index is -0.0393. The molecule has 0 radical (unpaired) electrons. The third kappa shape index (κ3) is 2.42. The van der Waals surface area contributed by atoms with Crippen molar-refractivity contribution >= 4 is 17.3 Å². The van der Waals surface area contributed by atoms with Gasteiger partial charge < -0.3 is 16.0 Å². The second-order valence-electron chi connectivity index (χ2n) is 5.89. The molecule has 0 saturated heterocycles. The van der Waals surface area contributed by atoms with Crippen LogP contribution in [0, 0.1) is 5.41 Å². The molecule has 1 atom stereocenters. The zero-order chi connectivity index (χ0) is 13.5. The van der Waals surface area contributed by atoms with Gasteiger partial charge in [0.25, 0.3) is 5.91 Å². The van der Waals surface area contributed by atoms with Crippen molar-refractivity contribution in [2.24, 2.45) is 5.41 Å². The van der Waals surface area contributed by atoms with E-state index in [1.807, 2.05) is 31.1 Å². The minimum Gasteiger partial charge on any atom is -0.397 e. The first-order valence-corrected chi connectivity index (χ1v) is 6.19. The number of anilines is 2. The SMILES string of the molecule is CN(C)c1ccc(C(=O)NC2CC2(C)C)cc1N. The van der Waals surface area contributed by atoms with E-state index in [2.05, 4.69) is 19.2 Å². The lowest BCUT2D eigenvalue weighted by Crippen LogP contribution is -2.28. The summed E-state index contributed by atoms with van der Waals surface area (Å²) in [6.45, 7) is 4.31. The van der Waals surface area contributed by atoms with Crippen LogP contribution in [0.25, 0.3) is 0 Å². The predicted molar refractivity (Wildman–Crippen MR) is 74.8 cm³/mol. The average Bonchev–Trinajstić information content (AvgIpc) is 2.85. The molecule has 98 valence electrons. The average molecular weight is 247 g/mol. The number of carbonyl (C=O) groups is 1. The molecular formula is C14H21N3O. The van der Waals surface area contributed by atoms with Crippen molar-refractivity contribution in [2.45, 2.75) is 26.3 Å². The summed E-state index contributed by atoms with van der Waals surface area (Å²) in [5.41, 5.74) is 8.36. The van der Waals surface area contributed by atoms with Crippen molar-refractivity contribution in [2.75, 3.05) is 24.7 Å². The number of nitrogens with zero attached hydrogens (tertiary/aromatic N) is 1. The Bertz CT molecular complexity index is 480. The molecule has 1 saturated carbocycles. The summed E-state index contributed by atoms with van der Waals surface area (Å²) in [7, 11) is 3.86. The van der Waals surface area contributed by atoms with Crippen LogP contribution in [0.1, 0.15) is 30.6 Å². The summed E-state index contributed by atoms with van der Waals surface area (Å²) in [6.07, 6.45) is 1.05. The third-order valence-corrected chi connectivity index (χ3v) is 3.59. The van der Waals surface area contributed by atoms with Crippen molar-refractivity contribution in [1.82, 2.24) is 5.32 Å². The Morgan fingerprint density at radius 1 is 1.44 bits per heavy atom. The van der Waals surface area contributed by atoms with Gasteiger partial charge in [0.1, 0.15) is 0 Å². The van der Waals surface area contributed by atoms with Gasteiger partial charge in [-0.2, -0.15) is 0 Å². The highest BCUT2D eigenvalue weighted by Gasteiger charge is 2.46. The van der Waals surface area contributed by atoms with Gasteiger partial charge in [-0.3, -0.25) is 4.79 Å². The van der Waals surface area contributed by atoms with Crippen LogP contribution >= 0.6 is 0 Å². The summed E-state index contributed by atoms with van der Waals surface area (Å²) < 4.78 is 0. The fourth-order valence-corrected chi connectivity index (χ4v) is 2.06. The Balaban J connectivity index is 2.10. The zero-order valence-electron chi connectivity index (χ0n) is 11.4. The molecule has 1 aliphatic rings. The summed E-state index contributed by atoms with van der Waals surface area (Å²) in [5.74, 6) is -0.0393. The monoisotopic (exact) mass is 247 g/mol. The highest BCUT2D eigenvalue weighted by atomic mass is 16.1. The normalized spacial score (nSPS) is 20.3. The lowest BCUT2D eigenvalue weighted by Gasteiger charge is -2.16. The second kappa shape index (κ2) is 4.19. The lowest BCUT2D eigenvalue weighted by molar-refractivity contribution is 0.0946. The zero-order valence-corrected chi connectivity index (χ0v) is 11.4. The first-order chi connectivity index (χ1) is 8.31. The summed E-state index contributed by atoms with van der Waals surface area (Å²) in [4.78, 5) is 14.0. The van der Waals surface area contributed by atoms with Gasteiger partial charge in [0, 0.05) is 25.7 Å². The van der Waals surface area contributed by atoms with E-state index in [4.69, 9.17) is 5.73 Å². The smallest absolute Gasteiger partial charge is 0.251 e. The van der Waals surface area contributed by atoms with E-state index in [0.717, 1.165) is 12.1 Å². The quantitative estimate of drug-likeness (QED) is 0.802. The Labute approximate surface area is 108 Å².